The third kappa shape index (κ3) is 3.97. The summed E-state index contributed by atoms with van der Waals surface area (Å²) < 4.78 is 6.71. The first kappa shape index (κ1) is 20.6. The standard InChI is InChI=1S/C25H25N5OS/c1-3-4-5-6-8-17(2)22-15-21-23(32-22)25(30-11-13-31-14-12-30)28-24(27-21)18-9-7-10-20-19(18)16-26-29-20/h3-10,15-16H,11-14H2,1-2H3,(H,26,29)/b4-3-,6-5-,17-8+. The molecule has 0 atom stereocenters. The van der Waals surface area contributed by atoms with Crippen LogP contribution in [0.1, 0.15) is 18.7 Å². The fourth-order valence-corrected chi connectivity index (χ4v) is 4.93. The number of rotatable bonds is 5. The van der Waals surface area contributed by atoms with Crippen molar-refractivity contribution in [1.82, 2.24) is 20.2 Å². The number of nitrogens with zero attached hydrogens (tertiary/aromatic N) is 4. The lowest BCUT2D eigenvalue weighted by Gasteiger charge is -2.28. The average molecular weight is 444 g/mol. The molecule has 162 valence electrons. The van der Waals surface area contributed by atoms with Gasteiger partial charge < -0.3 is 9.64 Å². The molecule has 7 heteroatoms. The summed E-state index contributed by atoms with van der Waals surface area (Å²) in [5, 5.41) is 8.28. The van der Waals surface area contributed by atoms with Gasteiger partial charge in [-0.3, -0.25) is 5.10 Å². The number of H-pyrrole nitrogens is 1. The normalized spacial score (nSPS) is 15.7. The van der Waals surface area contributed by atoms with Gasteiger partial charge in [0.15, 0.2) is 11.6 Å². The molecular formula is C25H25N5OS. The van der Waals surface area contributed by atoms with Crippen LogP contribution in [0.4, 0.5) is 5.82 Å². The summed E-state index contributed by atoms with van der Waals surface area (Å²) in [4.78, 5) is 13.6. The van der Waals surface area contributed by atoms with Gasteiger partial charge in [0, 0.05) is 28.9 Å². The van der Waals surface area contributed by atoms with Crippen molar-refractivity contribution in [3.63, 3.8) is 0 Å². The van der Waals surface area contributed by atoms with Crippen LogP contribution in [0.3, 0.4) is 0 Å². The van der Waals surface area contributed by atoms with E-state index in [4.69, 9.17) is 14.7 Å². The van der Waals surface area contributed by atoms with Crippen LogP contribution < -0.4 is 4.90 Å². The Morgan fingerprint density at radius 1 is 1.16 bits per heavy atom. The van der Waals surface area contributed by atoms with Crippen molar-refractivity contribution in [2.75, 3.05) is 31.2 Å². The van der Waals surface area contributed by atoms with Crippen LogP contribution in [-0.4, -0.2) is 46.5 Å². The van der Waals surface area contributed by atoms with Crippen LogP contribution in [0, 0.1) is 0 Å². The highest BCUT2D eigenvalue weighted by Gasteiger charge is 2.21. The van der Waals surface area contributed by atoms with Crippen LogP contribution in [0.25, 0.3) is 38.1 Å². The van der Waals surface area contributed by atoms with E-state index >= 15 is 0 Å². The van der Waals surface area contributed by atoms with Gasteiger partial charge >= 0.3 is 0 Å². The summed E-state index contributed by atoms with van der Waals surface area (Å²) in [6.45, 7) is 7.24. The second-order valence-electron chi connectivity index (χ2n) is 7.69. The number of nitrogens with one attached hydrogen (secondary N) is 1. The number of hydrogen-bond acceptors (Lipinski definition) is 6. The summed E-state index contributed by atoms with van der Waals surface area (Å²) in [5.41, 5.74) is 4.15. The van der Waals surface area contributed by atoms with E-state index in [0.29, 0.717) is 13.2 Å². The number of morpholine rings is 1. The molecule has 1 fully saturated rings. The van der Waals surface area contributed by atoms with Crippen LogP contribution in [0.5, 0.6) is 0 Å². The Balaban J connectivity index is 1.65. The number of hydrogen-bond donors (Lipinski definition) is 1. The second-order valence-corrected chi connectivity index (χ2v) is 8.74. The number of thiophene rings is 1. The van der Waals surface area contributed by atoms with Crippen molar-refractivity contribution in [1.29, 1.82) is 0 Å². The van der Waals surface area contributed by atoms with E-state index in [9.17, 15) is 0 Å². The maximum Gasteiger partial charge on any atom is 0.162 e. The van der Waals surface area contributed by atoms with Crippen molar-refractivity contribution in [3.05, 3.63) is 65.7 Å². The van der Waals surface area contributed by atoms with E-state index in [-0.39, 0.29) is 0 Å². The third-order valence-corrected chi connectivity index (χ3v) is 6.80. The van der Waals surface area contributed by atoms with Gasteiger partial charge in [0.1, 0.15) is 0 Å². The highest BCUT2D eigenvalue weighted by atomic mass is 32.1. The summed E-state index contributed by atoms with van der Waals surface area (Å²) in [5.74, 6) is 1.72. The van der Waals surface area contributed by atoms with E-state index in [1.807, 2.05) is 43.5 Å². The molecule has 0 amide bonds. The fourth-order valence-electron chi connectivity index (χ4n) is 3.84. The molecule has 0 aliphatic carbocycles. The molecule has 1 aromatic carbocycles. The molecule has 6 nitrogen and oxygen atoms in total. The average Bonchev–Trinajstić information content (AvgIpc) is 3.48. The first-order valence-electron chi connectivity index (χ1n) is 10.8. The number of fused-ring (bicyclic) bond motifs is 2. The van der Waals surface area contributed by atoms with E-state index in [1.165, 1.54) is 10.5 Å². The zero-order chi connectivity index (χ0) is 21.9. The Morgan fingerprint density at radius 3 is 2.88 bits per heavy atom. The monoisotopic (exact) mass is 443 g/mol. The zero-order valence-corrected chi connectivity index (χ0v) is 19.0. The lowest BCUT2D eigenvalue weighted by atomic mass is 10.1. The first-order chi connectivity index (χ1) is 15.7. The van der Waals surface area contributed by atoms with Crippen LogP contribution in [0.15, 0.2) is 60.8 Å². The van der Waals surface area contributed by atoms with Crippen LogP contribution in [0.2, 0.25) is 0 Å². The highest BCUT2D eigenvalue weighted by molar-refractivity contribution is 7.20. The Labute approximate surface area is 191 Å². The van der Waals surface area contributed by atoms with Crippen molar-refractivity contribution < 1.29 is 4.74 Å². The lowest BCUT2D eigenvalue weighted by molar-refractivity contribution is 0.122. The lowest BCUT2D eigenvalue weighted by Crippen LogP contribution is -2.36. The molecule has 1 saturated heterocycles. The molecule has 1 aliphatic rings. The number of anilines is 1. The number of aromatic nitrogens is 4. The van der Waals surface area contributed by atoms with Gasteiger partial charge in [-0.05, 0) is 31.6 Å². The zero-order valence-electron chi connectivity index (χ0n) is 18.2. The molecule has 1 aliphatic heterocycles. The molecular weight excluding hydrogens is 418 g/mol. The van der Waals surface area contributed by atoms with Gasteiger partial charge in [-0.25, -0.2) is 9.97 Å². The molecule has 0 bridgehead atoms. The Hall–Kier alpha value is -3.29. The minimum absolute atomic E-state index is 0.713. The SMILES string of the molecule is C\C=C/C=C\C=C(/C)c1cc2nc(-c3cccc4[nH]ncc34)nc(N3CCOCC3)c2s1. The third-order valence-electron chi connectivity index (χ3n) is 5.54. The maximum atomic E-state index is 5.59. The number of ether oxygens (including phenoxy) is 1. The van der Waals surface area contributed by atoms with Gasteiger partial charge in [0.05, 0.1) is 35.1 Å². The summed E-state index contributed by atoms with van der Waals surface area (Å²) in [6, 6.07) is 8.28. The van der Waals surface area contributed by atoms with Crippen LogP contribution in [-0.2, 0) is 4.74 Å². The van der Waals surface area contributed by atoms with Crippen molar-refractivity contribution in [3.8, 4) is 11.4 Å². The molecule has 4 aromatic rings. The highest BCUT2D eigenvalue weighted by Crippen LogP contribution is 2.37. The summed E-state index contributed by atoms with van der Waals surface area (Å²) in [7, 11) is 0. The molecule has 0 radical (unpaired) electrons. The van der Waals surface area contributed by atoms with Crippen LogP contribution >= 0.6 is 11.3 Å². The maximum absolute atomic E-state index is 5.59. The van der Waals surface area contributed by atoms with Gasteiger partial charge in [-0.1, -0.05) is 42.5 Å². The fraction of sp³-hybridized carbons (Fsp3) is 0.240. The first-order valence-corrected chi connectivity index (χ1v) is 11.6. The molecule has 5 rings (SSSR count). The number of allylic oxidation sites excluding steroid dienone is 6. The second kappa shape index (κ2) is 9.06. The van der Waals surface area contributed by atoms with Gasteiger partial charge in [-0.15, -0.1) is 11.3 Å². The molecule has 0 spiro atoms. The quantitative estimate of drug-likeness (QED) is 0.406. The summed E-state index contributed by atoms with van der Waals surface area (Å²) in [6.07, 6.45) is 12.1. The Bertz CT molecular complexity index is 1340. The number of benzene rings is 1. The van der Waals surface area contributed by atoms with E-state index in [1.54, 1.807) is 11.3 Å². The van der Waals surface area contributed by atoms with Gasteiger partial charge in [0.25, 0.3) is 0 Å². The van der Waals surface area contributed by atoms with Gasteiger partial charge in [-0.2, -0.15) is 5.10 Å². The summed E-state index contributed by atoms with van der Waals surface area (Å²) >= 11 is 1.75. The van der Waals surface area contributed by atoms with Crippen molar-refractivity contribution in [2.45, 2.75) is 13.8 Å². The minimum atomic E-state index is 0.713. The van der Waals surface area contributed by atoms with Crippen molar-refractivity contribution in [2.24, 2.45) is 0 Å². The Kier molecular flexibility index (Phi) is 5.83. The molecule has 0 unspecified atom stereocenters. The smallest absolute Gasteiger partial charge is 0.162 e. The largest absolute Gasteiger partial charge is 0.378 e. The molecule has 32 heavy (non-hydrogen) atoms. The van der Waals surface area contributed by atoms with Gasteiger partial charge in [0.2, 0.25) is 0 Å². The Morgan fingerprint density at radius 2 is 2.03 bits per heavy atom. The molecule has 0 saturated carbocycles. The predicted octanol–water partition coefficient (Wildman–Crippen LogP) is 5.61. The molecule has 1 N–H and O–H groups in total. The van der Waals surface area contributed by atoms with E-state index in [2.05, 4.69) is 46.3 Å². The van der Waals surface area contributed by atoms with Crippen molar-refractivity contribution >= 4 is 43.8 Å². The topological polar surface area (TPSA) is 66.9 Å². The predicted molar refractivity (Wildman–Crippen MR) is 133 cm³/mol. The van der Waals surface area contributed by atoms with E-state index < -0.39 is 0 Å². The molecule has 3 aromatic heterocycles. The number of aromatic amines is 1. The molecule has 4 heterocycles. The van der Waals surface area contributed by atoms with E-state index in [0.717, 1.165) is 51.4 Å². The minimum Gasteiger partial charge on any atom is -0.378 e.